The SMILES string of the molecule is CC(C)/C=C\C=C/CCO. The predicted octanol–water partition coefficient (Wildman–Crippen LogP) is 2.14. The van der Waals surface area contributed by atoms with Crippen molar-refractivity contribution in [1.29, 1.82) is 0 Å². The van der Waals surface area contributed by atoms with Crippen LogP contribution in [0.4, 0.5) is 0 Å². The van der Waals surface area contributed by atoms with Crippen molar-refractivity contribution in [1.82, 2.24) is 0 Å². The molecule has 0 spiro atoms. The first-order chi connectivity index (χ1) is 4.77. The largest absolute Gasteiger partial charge is 0.396 e. The molecule has 1 heteroatoms. The summed E-state index contributed by atoms with van der Waals surface area (Å²) in [6, 6.07) is 0. The van der Waals surface area contributed by atoms with Gasteiger partial charge in [0.25, 0.3) is 0 Å². The van der Waals surface area contributed by atoms with Crippen LogP contribution < -0.4 is 0 Å². The van der Waals surface area contributed by atoms with Crippen molar-refractivity contribution in [2.75, 3.05) is 6.61 Å². The van der Waals surface area contributed by atoms with Gasteiger partial charge >= 0.3 is 0 Å². The zero-order valence-corrected chi connectivity index (χ0v) is 6.75. The summed E-state index contributed by atoms with van der Waals surface area (Å²) in [6.07, 6.45) is 8.81. The second-order valence-corrected chi connectivity index (χ2v) is 2.57. The summed E-state index contributed by atoms with van der Waals surface area (Å²) in [7, 11) is 0. The molecule has 10 heavy (non-hydrogen) atoms. The lowest BCUT2D eigenvalue weighted by Gasteiger charge is -1.88. The first-order valence-corrected chi connectivity index (χ1v) is 3.71. The van der Waals surface area contributed by atoms with Crippen LogP contribution in [0.1, 0.15) is 20.3 Å². The molecule has 0 rings (SSSR count). The normalized spacial score (nSPS) is 12.4. The third kappa shape index (κ3) is 7.44. The number of aliphatic hydroxyl groups is 1. The summed E-state index contributed by atoms with van der Waals surface area (Å²) in [5.41, 5.74) is 0. The molecule has 0 aromatic heterocycles. The van der Waals surface area contributed by atoms with Crippen LogP contribution in [0.25, 0.3) is 0 Å². The van der Waals surface area contributed by atoms with Gasteiger partial charge in [0.2, 0.25) is 0 Å². The van der Waals surface area contributed by atoms with Crippen LogP contribution in [0.15, 0.2) is 24.3 Å². The number of hydrogen-bond acceptors (Lipinski definition) is 1. The average molecular weight is 140 g/mol. The maximum Gasteiger partial charge on any atom is 0.0465 e. The van der Waals surface area contributed by atoms with Crippen LogP contribution in [0.2, 0.25) is 0 Å². The minimum Gasteiger partial charge on any atom is -0.396 e. The second kappa shape index (κ2) is 6.56. The van der Waals surface area contributed by atoms with Crippen molar-refractivity contribution >= 4 is 0 Å². The molecule has 0 fully saturated rings. The molecule has 0 amide bonds. The highest BCUT2D eigenvalue weighted by Gasteiger charge is 1.78. The standard InChI is InChI=1S/C9H16O/c1-9(2)7-5-3-4-6-8-10/h3-5,7,9-10H,6,8H2,1-2H3/b4-3-,7-5-. The lowest BCUT2D eigenvalue weighted by molar-refractivity contribution is 0.302. The first kappa shape index (κ1) is 9.44. The highest BCUT2D eigenvalue weighted by molar-refractivity contribution is 5.03. The Balaban J connectivity index is 3.32. The second-order valence-electron chi connectivity index (χ2n) is 2.57. The zero-order valence-electron chi connectivity index (χ0n) is 6.75. The summed E-state index contributed by atoms with van der Waals surface area (Å²) >= 11 is 0. The van der Waals surface area contributed by atoms with Crippen molar-refractivity contribution in [2.45, 2.75) is 20.3 Å². The third-order valence-corrected chi connectivity index (χ3v) is 1.04. The fourth-order valence-electron chi connectivity index (χ4n) is 0.536. The van der Waals surface area contributed by atoms with Crippen LogP contribution >= 0.6 is 0 Å². The van der Waals surface area contributed by atoms with Gasteiger partial charge in [0.15, 0.2) is 0 Å². The van der Waals surface area contributed by atoms with E-state index in [-0.39, 0.29) is 6.61 Å². The molecule has 0 radical (unpaired) electrons. The van der Waals surface area contributed by atoms with Gasteiger partial charge in [-0.1, -0.05) is 38.2 Å². The van der Waals surface area contributed by atoms with E-state index in [0.717, 1.165) is 6.42 Å². The molecule has 58 valence electrons. The van der Waals surface area contributed by atoms with Gasteiger partial charge in [0.1, 0.15) is 0 Å². The highest BCUT2D eigenvalue weighted by atomic mass is 16.2. The Morgan fingerprint density at radius 1 is 1.30 bits per heavy atom. The molecule has 1 N–H and O–H groups in total. The quantitative estimate of drug-likeness (QED) is 0.593. The fourth-order valence-corrected chi connectivity index (χ4v) is 0.536. The topological polar surface area (TPSA) is 20.2 Å². The smallest absolute Gasteiger partial charge is 0.0465 e. The van der Waals surface area contributed by atoms with Gasteiger partial charge in [-0.2, -0.15) is 0 Å². The minimum atomic E-state index is 0.242. The first-order valence-electron chi connectivity index (χ1n) is 3.71. The van der Waals surface area contributed by atoms with E-state index in [4.69, 9.17) is 5.11 Å². The zero-order chi connectivity index (χ0) is 7.82. The van der Waals surface area contributed by atoms with E-state index in [1.54, 1.807) is 0 Å². The Bertz CT molecular complexity index is 112. The van der Waals surface area contributed by atoms with Gasteiger partial charge in [0, 0.05) is 6.61 Å². The number of rotatable bonds is 4. The van der Waals surface area contributed by atoms with Crippen LogP contribution in [0.3, 0.4) is 0 Å². The molecule has 0 saturated heterocycles. The van der Waals surface area contributed by atoms with E-state index < -0.39 is 0 Å². The van der Waals surface area contributed by atoms with E-state index in [2.05, 4.69) is 19.9 Å². The summed E-state index contributed by atoms with van der Waals surface area (Å²) < 4.78 is 0. The maximum absolute atomic E-state index is 8.40. The maximum atomic E-state index is 8.40. The Labute approximate surface area is 63.1 Å². The minimum absolute atomic E-state index is 0.242. The summed E-state index contributed by atoms with van der Waals surface area (Å²) in [5.74, 6) is 0.610. The van der Waals surface area contributed by atoms with Crippen molar-refractivity contribution in [3.8, 4) is 0 Å². The van der Waals surface area contributed by atoms with Crippen molar-refractivity contribution < 1.29 is 5.11 Å². The predicted molar refractivity (Wildman–Crippen MR) is 44.8 cm³/mol. The average Bonchev–Trinajstić information content (AvgIpc) is 1.87. The summed E-state index contributed by atoms with van der Waals surface area (Å²) in [6.45, 7) is 4.51. The van der Waals surface area contributed by atoms with Gasteiger partial charge < -0.3 is 5.11 Å². The van der Waals surface area contributed by atoms with Crippen LogP contribution in [0, 0.1) is 5.92 Å². The van der Waals surface area contributed by atoms with E-state index in [1.165, 1.54) is 0 Å². The fraction of sp³-hybridized carbons (Fsp3) is 0.556. The van der Waals surface area contributed by atoms with Crippen LogP contribution in [-0.2, 0) is 0 Å². The molecule has 0 aliphatic heterocycles. The van der Waals surface area contributed by atoms with E-state index in [0.29, 0.717) is 5.92 Å². The molecular weight excluding hydrogens is 124 g/mol. The molecule has 0 unspecified atom stereocenters. The molecule has 0 heterocycles. The summed E-state index contributed by atoms with van der Waals surface area (Å²) in [4.78, 5) is 0. The third-order valence-electron chi connectivity index (χ3n) is 1.04. The van der Waals surface area contributed by atoms with Gasteiger partial charge in [0.05, 0.1) is 0 Å². The molecule has 0 bridgehead atoms. The van der Waals surface area contributed by atoms with Gasteiger partial charge in [-0.3, -0.25) is 0 Å². The Morgan fingerprint density at radius 3 is 2.50 bits per heavy atom. The van der Waals surface area contributed by atoms with Gasteiger partial charge in [-0.15, -0.1) is 0 Å². The molecule has 1 nitrogen and oxygen atoms in total. The number of allylic oxidation sites excluding steroid dienone is 3. The van der Waals surface area contributed by atoms with Crippen molar-refractivity contribution in [3.05, 3.63) is 24.3 Å². The molecule has 0 aliphatic carbocycles. The van der Waals surface area contributed by atoms with Crippen LogP contribution in [-0.4, -0.2) is 11.7 Å². The van der Waals surface area contributed by atoms with Gasteiger partial charge in [-0.05, 0) is 12.3 Å². The van der Waals surface area contributed by atoms with E-state index >= 15 is 0 Å². The number of aliphatic hydroxyl groups excluding tert-OH is 1. The lowest BCUT2D eigenvalue weighted by Crippen LogP contribution is -1.76. The van der Waals surface area contributed by atoms with Crippen molar-refractivity contribution in [3.63, 3.8) is 0 Å². The van der Waals surface area contributed by atoms with Gasteiger partial charge in [-0.25, -0.2) is 0 Å². The van der Waals surface area contributed by atoms with Crippen molar-refractivity contribution in [2.24, 2.45) is 5.92 Å². The summed E-state index contributed by atoms with van der Waals surface area (Å²) in [5, 5.41) is 8.40. The Kier molecular flexibility index (Phi) is 6.19. The molecule has 0 aromatic rings. The molecule has 0 saturated carbocycles. The highest BCUT2D eigenvalue weighted by Crippen LogP contribution is 1.93. The Morgan fingerprint density at radius 2 is 2.00 bits per heavy atom. The molecule has 0 atom stereocenters. The molecular formula is C9H16O. The number of hydrogen-bond donors (Lipinski definition) is 1. The van der Waals surface area contributed by atoms with Crippen LogP contribution in [0.5, 0.6) is 0 Å². The molecule has 0 aromatic carbocycles. The Hall–Kier alpha value is -0.560. The van der Waals surface area contributed by atoms with E-state index in [9.17, 15) is 0 Å². The molecule has 0 aliphatic rings. The lowest BCUT2D eigenvalue weighted by atomic mass is 10.2. The monoisotopic (exact) mass is 140 g/mol. The van der Waals surface area contributed by atoms with E-state index in [1.807, 2.05) is 18.2 Å².